The van der Waals surface area contributed by atoms with Gasteiger partial charge in [0.05, 0.1) is 0 Å². The van der Waals surface area contributed by atoms with Gasteiger partial charge in [-0.05, 0) is 79.4 Å². The number of halogens is 1. The molecule has 0 aromatic carbocycles. The van der Waals surface area contributed by atoms with Gasteiger partial charge in [-0.1, -0.05) is 0 Å². The summed E-state index contributed by atoms with van der Waals surface area (Å²) in [4.78, 5) is 0. The molecule has 0 fully saturated rings. The average Bonchev–Trinajstić information content (AvgIpc) is 2.15. The molecule has 0 radical (unpaired) electrons. The zero-order chi connectivity index (χ0) is 14.0. The van der Waals surface area contributed by atoms with E-state index in [0.717, 1.165) is 0 Å². The Hall–Kier alpha value is 1.01. The standard InChI is InChI=1S/C8H24ClN5P2S/c1-11(2)15(9,12(3)4)10-16(17,13(5)6)14(7)8/h1-8H3. The molecule has 0 rings (SSSR count). The predicted octanol–water partition coefficient (Wildman–Crippen LogP) is 2.64. The second-order valence-corrected chi connectivity index (χ2v) is 13.2. The van der Waals surface area contributed by atoms with Crippen LogP contribution < -0.4 is 0 Å². The molecular weight excluding hydrogens is 296 g/mol. The number of hydrogen-bond acceptors (Lipinski definition) is 1. The fourth-order valence-corrected chi connectivity index (χ4v) is 8.49. The van der Waals surface area contributed by atoms with Gasteiger partial charge in [-0.15, -0.1) is 0 Å². The first-order valence-corrected chi connectivity index (χ1v) is 10.3. The van der Waals surface area contributed by atoms with Crippen LogP contribution in [0.1, 0.15) is 0 Å². The summed E-state index contributed by atoms with van der Waals surface area (Å²) in [5.74, 6) is 0. The molecule has 0 saturated heterocycles. The van der Waals surface area contributed by atoms with Gasteiger partial charge < -0.3 is 0 Å². The van der Waals surface area contributed by atoms with Crippen molar-refractivity contribution in [2.75, 3.05) is 56.4 Å². The summed E-state index contributed by atoms with van der Waals surface area (Å²) < 4.78 is 12.8. The van der Waals surface area contributed by atoms with Crippen molar-refractivity contribution < 1.29 is 0 Å². The Morgan fingerprint density at radius 3 is 1.24 bits per heavy atom. The second kappa shape index (κ2) is 6.44. The van der Waals surface area contributed by atoms with Crippen LogP contribution in [0, 0.1) is 0 Å². The van der Waals surface area contributed by atoms with E-state index in [1.807, 2.05) is 75.1 Å². The maximum atomic E-state index is 6.69. The van der Waals surface area contributed by atoms with Gasteiger partial charge in [0.15, 0.2) is 13.2 Å². The molecule has 17 heavy (non-hydrogen) atoms. The molecule has 0 aromatic rings. The van der Waals surface area contributed by atoms with Crippen molar-refractivity contribution in [2.45, 2.75) is 0 Å². The van der Waals surface area contributed by atoms with Gasteiger partial charge in [0.2, 0.25) is 0 Å². The van der Waals surface area contributed by atoms with Crippen molar-refractivity contribution in [1.82, 2.24) is 18.7 Å². The third-order valence-corrected chi connectivity index (χ3v) is 13.3. The highest BCUT2D eigenvalue weighted by molar-refractivity contribution is 8.13. The van der Waals surface area contributed by atoms with Crippen LogP contribution in [0.2, 0.25) is 0 Å². The summed E-state index contributed by atoms with van der Waals surface area (Å²) in [5, 5.41) is 0. The quantitative estimate of drug-likeness (QED) is 0.726. The molecule has 9 heteroatoms. The van der Waals surface area contributed by atoms with E-state index >= 15 is 0 Å². The Morgan fingerprint density at radius 2 is 1.06 bits per heavy atom. The van der Waals surface area contributed by atoms with E-state index < -0.39 is 13.2 Å². The lowest BCUT2D eigenvalue weighted by Crippen LogP contribution is -2.22. The number of rotatable bonds is 5. The third kappa shape index (κ3) is 3.99. The molecule has 0 amide bonds. The van der Waals surface area contributed by atoms with Gasteiger partial charge in [0.25, 0.3) is 0 Å². The summed E-state index contributed by atoms with van der Waals surface area (Å²) in [6, 6.07) is 0. The summed E-state index contributed by atoms with van der Waals surface area (Å²) in [5.41, 5.74) is 0. The Labute approximate surface area is 116 Å². The molecule has 0 unspecified atom stereocenters. The topological polar surface area (TPSA) is 25.3 Å². The van der Waals surface area contributed by atoms with Crippen LogP contribution in [0.15, 0.2) is 4.52 Å². The molecule has 0 spiro atoms. The van der Waals surface area contributed by atoms with Crippen molar-refractivity contribution in [3.8, 4) is 0 Å². The number of hydrogen-bond donors (Lipinski definition) is 0. The molecule has 0 heterocycles. The van der Waals surface area contributed by atoms with E-state index in [1.54, 1.807) is 0 Å². The first-order chi connectivity index (χ1) is 7.48. The minimum atomic E-state index is -2.22. The zero-order valence-corrected chi connectivity index (χ0v) is 15.3. The fourth-order valence-electron chi connectivity index (χ4n) is 1.18. The lowest BCUT2D eigenvalue weighted by Gasteiger charge is -2.37. The minimum Gasteiger partial charge on any atom is -0.252 e. The van der Waals surface area contributed by atoms with Crippen LogP contribution in [0.3, 0.4) is 0 Å². The fraction of sp³-hybridized carbons (Fsp3) is 1.00. The third-order valence-electron chi connectivity index (χ3n) is 2.29. The van der Waals surface area contributed by atoms with E-state index in [4.69, 9.17) is 27.6 Å². The second-order valence-electron chi connectivity index (χ2n) is 4.49. The van der Waals surface area contributed by atoms with E-state index in [1.165, 1.54) is 0 Å². The summed E-state index contributed by atoms with van der Waals surface area (Å²) in [6.45, 7) is -4.35. The van der Waals surface area contributed by atoms with Gasteiger partial charge in [-0.2, -0.15) is 4.52 Å². The summed E-state index contributed by atoms with van der Waals surface area (Å²) in [7, 11) is 15.6. The molecule has 104 valence electrons. The van der Waals surface area contributed by atoms with Crippen molar-refractivity contribution in [3.05, 3.63) is 0 Å². The van der Waals surface area contributed by atoms with Crippen LogP contribution >= 0.6 is 24.4 Å². The van der Waals surface area contributed by atoms with Crippen molar-refractivity contribution >= 4 is 36.2 Å². The van der Waals surface area contributed by atoms with Crippen molar-refractivity contribution in [3.63, 3.8) is 0 Å². The van der Waals surface area contributed by atoms with Gasteiger partial charge in [0, 0.05) is 0 Å². The smallest absolute Gasteiger partial charge is 0.192 e. The highest BCUT2D eigenvalue weighted by atomic mass is 35.7. The monoisotopic (exact) mass is 319 g/mol. The molecule has 0 atom stereocenters. The lowest BCUT2D eigenvalue weighted by atomic mass is 11.3. The van der Waals surface area contributed by atoms with Gasteiger partial charge >= 0.3 is 0 Å². The van der Waals surface area contributed by atoms with Gasteiger partial charge in [0.1, 0.15) is 0 Å². The Bertz CT molecular complexity index is 332. The van der Waals surface area contributed by atoms with Crippen molar-refractivity contribution in [1.29, 1.82) is 0 Å². The maximum Gasteiger partial charge on any atom is 0.192 e. The first kappa shape index (κ1) is 18.0. The Kier molecular flexibility index (Phi) is 6.83. The van der Waals surface area contributed by atoms with Crippen LogP contribution in [0.5, 0.6) is 0 Å². The number of nitrogens with zero attached hydrogens (tertiary/aromatic N) is 5. The SMILES string of the molecule is CN(C)P(=S)(N=P(Cl)(N(C)C)N(C)C)N(C)C. The largest absolute Gasteiger partial charge is 0.252 e. The van der Waals surface area contributed by atoms with E-state index in [9.17, 15) is 0 Å². The van der Waals surface area contributed by atoms with Gasteiger partial charge in [-0.25, -0.2) is 0 Å². The normalized spacial score (nSPS) is 14.2. The molecule has 0 aliphatic carbocycles. The molecule has 0 aliphatic rings. The molecule has 0 aliphatic heterocycles. The molecule has 5 nitrogen and oxygen atoms in total. The Balaban J connectivity index is 5.83. The first-order valence-electron chi connectivity index (χ1n) is 5.13. The van der Waals surface area contributed by atoms with Crippen LogP contribution in [0.4, 0.5) is 0 Å². The zero-order valence-electron chi connectivity index (χ0n) is 11.9. The van der Waals surface area contributed by atoms with Crippen LogP contribution in [-0.2, 0) is 11.8 Å². The van der Waals surface area contributed by atoms with E-state index in [0.29, 0.717) is 0 Å². The molecule has 0 saturated carbocycles. The Morgan fingerprint density at radius 1 is 0.765 bits per heavy atom. The highest BCUT2D eigenvalue weighted by Crippen LogP contribution is 2.68. The summed E-state index contributed by atoms with van der Waals surface area (Å²) >= 11 is 12.4. The van der Waals surface area contributed by atoms with Gasteiger partial charge in [-0.3, -0.25) is 18.7 Å². The van der Waals surface area contributed by atoms with E-state index in [-0.39, 0.29) is 0 Å². The average molecular weight is 320 g/mol. The molecule has 0 bridgehead atoms. The summed E-state index contributed by atoms with van der Waals surface area (Å²) in [6.07, 6.45) is 0. The lowest BCUT2D eigenvalue weighted by molar-refractivity contribution is 0.560. The predicted molar refractivity (Wildman–Crippen MR) is 84.2 cm³/mol. The maximum absolute atomic E-state index is 6.69. The molecule has 0 aromatic heterocycles. The van der Waals surface area contributed by atoms with E-state index in [2.05, 4.69) is 0 Å². The van der Waals surface area contributed by atoms with Crippen LogP contribution in [-0.4, -0.2) is 75.1 Å². The van der Waals surface area contributed by atoms with Crippen molar-refractivity contribution in [2.24, 2.45) is 4.52 Å². The minimum absolute atomic E-state index is 1.94. The molecule has 0 N–H and O–H groups in total. The van der Waals surface area contributed by atoms with Crippen LogP contribution in [0.25, 0.3) is 0 Å². The highest BCUT2D eigenvalue weighted by Gasteiger charge is 2.30. The molecular formula is C8H24ClN5P2S.